The molecule has 0 atom stereocenters. The van der Waals surface area contributed by atoms with Gasteiger partial charge in [0, 0.05) is 0 Å². The molecule has 4 rings (SSSR count). The minimum absolute atomic E-state index is 0.274. The quantitative estimate of drug-likeness (QED) is 0.375. The first-order valence-electron chi connectivity index (χ1n) is 8.86. The second kappa shape index (κ2) is 8.29. The van der Waals surface area contributed by atoms with Crippen LogP contribution in [0.3, 0.4) is 0 Å². The molecule has 0 aliphatic carbocycles. The number of hydrogen-bond donors (Lipinski definition) is 1. The van der Waals surface area contributed by atoms with Gasteiger partial charge in [-0.25, -0.2) is 9.37 Å². The number of H-pyrrole nitrogens is 1. The number of aromatic amines is 1. The Kier molecular flexibility index (Phi) is 5.41. The summed E-state index contributed by atoms with van der Waals surface area (Å²) in [6.45, 7) is 0.330. The molecule has 0 bridgehead atoms. The van der Waals surface area contributed by atoms with Crippen LogP contribution in [0.5, 0.6) is 5.75 Å². The summed E-state index contributed by atoms with van der Waals surface area (Å²) in [7, 11) is 0. The van der Waals surface area contributed by atoms with Gasteiger partial charge >= 0.3 is 0 Å². The van der Waals surface area contributed by atoms with Gasteiger partial charge in [0.05, 0.1) is 21.1 Å². The van der Waals surface area contributed by atoms with Crippen LogP contribution in [0.1, 0.15) is 17.0 Å². The maximum absolute atomic E-state index is 13.0. The summed E-state index contributed by atoms with van der Waals surface area (Å²) in [5.41, 5.74) is 3.85. The van der Waals surface area contributed by atoms with E-state index in [-0.39, 0.29) is 5.82 Å². The lowest BCUT2D eigenvalue weighted by atomic mass is 10.1. The van der Waals surface area contributed by atoms with Crippen molar-refractivity contribution in [2.45, 2.75) is 6.61 Å². The average molecular weight is 448 g/mol. The van der Waals surface area contributed by atoms with Crippen LogP contribution in [0.4, 0.5) is 4.39 Å². The first kappa shape index (κ1) is 18.9. The molecule has 0 unspecified atom stereocenters. The highest BCUT2D eigenvalue weighted by Crippen LogP contribution is 2.28. The number of nitrogens with zero attached hydrogens (tertiary/aromatic N) is 2. The van der Waals surface area contributed by atoms with E-state index >= 15 is 0 Å². The number of ether oxygens (including phenoxy) is 1. The van der Waals surface area contributed by atoms with Gasteiger partial charge < -0.3 is 9.72 Å². The number of imidazole rings is 1. The van der Waals surface area contributed by atoms with Crippen LogP contribution >= 0.6 is 15.9 Å². The molecule has 0 fully saturated rings. The summed E-state index contributed by atoms with van der Waals surface area (Å²) in [6, 6.07) is 21.6. The summed E-state index contributed by atoms with van der Waals surface area (Å²) >= 11 is 3.51. The minimum atomic E-state index is -0.274. The van der Waals surface area contributed by atoms with Gasteiger partial charge in [0.25, 0.3) is 0 Å². The molecule has 0 amide bonds. The van der Waals surface area contributed by atoms with E-state index in [4.69, 9.17) is 4.74 Å². The van der Waals surface area contributed by atoms with Crippen molar-refractivity contribution in [2.75, 3.05) is 0 Å². The molecule has 0 saturated heterocycles. The van der Waals surface area contributed by atoms with Gasteiger partial charge in [-0.3, -0.25) is 0 Å². The number of nitrogens with one attached hydrogen (secondary N) is 1. The van der Waals surface area contributed by atoms with E-state index in [9.17, 15) is 9.65 Å². The molecule has 1 aromatic heterocycles. The lowest BCUT2D eigenvalue weighted by molar-refractivity contribution is 0.304. The molecule has 0 spiro atoms. The number of allylic oxidation sites excluding steroid dienone is 1. The van der Waals surface area contributed by atoms with Crippen molar-refractivity contribution in [1.82, 2.24) is 9.97 Å². The fraction of sp³-hybridized carbons (Fsp3) is 0.0435. The molecule has 29 heavy (non-hydrogen) atoms. The number of halogens is 2. The van der Waals surface area contributed by atoms with Gasteiger partial charge in [-0.1, -0.05) is 30.3 Å². The van der Waals surface area contributed by atoms with Gasteiger partial charge in [0.1, 0.15) is 30.1 Å². The van der Waals surface area contributed by atoms with E-state index < -0.39 is 0 Å². The summed E-state index contributed by atoms with van der Waals surface area (Å²) in [5.74, 6) is 0.916. The van der Waals surface area contributed by atoms with E-state index in [2.05, 4.69) is 32.0 Å². The smallest absolute Gasteiger partial charge is 0.149 e. The number of para-hydroxylation sites is 2. The standard InChI is InChI=1S/C23H15BrFN3O/c24-19-12-16(7-10-22(19)29-14-15-5-8-18(25)9-6-15)11-17(13-26)23-27-20-3-1-2-4-21(20)28-23/h1-12H,14H2,(H,27,28)/b17-11+. The number of rotatable bonds is 5. The lowest BCUT2D eigenvalue weighted by Crippen LogP contribution is -1.96. The number of nitriles is 1. The van der Waals surface area contributed by atoms with Gasteiger partial charge in [-0.2, -0.15) is 5.26 Å². The largest absolute Gasteiger partial charge is 0.488 e. The molecule has 6 heteroatoms. The normalized spacial score (nSPS) is 11.4. The topological polar surface area (TPSA) is 61.7 Å². The first-order chi connectivity index (χ1) is 14.1. The zero-order valence-electron chi connectivity index (χ0n) is 15.2. The Bertz CT molecular complexity index is 1210. The highest BCUT2D eigenvalue weighted by molar-refractivity contribution is 9.10. The third-order valence-corrected chi connectivity index (χ3v) is 4.96. The van der Waals surface area contributed by atoms with Crippen molar-refractivity contribution in [1.29, 1.82) is 5.26 Å². The Morgan fingerprint density at radius 3 is 2.66 bits per heavy atom. The van der Waals surface area contributed by atoms with Crippen LogP contribution in [0.15, 0.2) is 71.2 Å². The molecule has 1 heterocycles. The third kappa shape index (κ3) is 4.36. The maximum atomic E-state index is 13.0. The molecule has 0 aliphatic rings. The molecular weight excluding hydrogens is 433 g/mol. The third-order valence-electron chi connectivity index (χ3n) is 4.34. The van der Waals surface area contributed by atoms with Crippen molar-refractivity contribution >= 4 is 38.6 Å². The second-order valence-corrected chi connectivity index (χ2v) is 7.23. The molecule has 0 radical (unpaired) electrons. The number of hydrogen-bond acceptors (Lipinski definition) is 3. The summed E-state index contributed by atoms with van der Waals surface area (Å²) in [6.07, 6.45) is 1.77. The van der Waals surface area contributed by atoms with Crippen LogP contribution in [0, 0.1) is 17.1 Å². The van der Waals surface area contributed by atoms with Crippen molar-refractivity contribution in [3.05, 3.63) is 94.0 Å². The van der Waals surface area contributed by atoms with Gasteiger partial charge in [-0.05, 0) is 69.5 Å². The fourth-order valence-corrected chi connectivity index (χ4v) is 3.38. The van der Waals surface area contributed by atoms with Crippen molar-refractivity contribution in [3.8, 4) is 11.8 Å². The highest BCUT2D eigenvalue weighted by atomic mass is 79.9. The van der Waals surface area contributed by atoms with Crippen LogP contribution < -0.4 is 4.74 Å². The van der Waals surface area contributed by atoms with E-state index in [1.54, 1.807) is 18.2 Å². The van der Waals surface area contributed by atoms with E-state index in [0.29, 0.717) is 23.8 Å². The molecule has 142 valence electrons. The predicted molar refractivity (Wildman–Crippen MR) is 114 cm³/mol. The molecule has 4 nitrogen and oxygen atoms in total. The Morgan fingerprint density at radius 2 is 1.93 bits per heavy atom. The molecule has 1 N–H and O–H groups in total. The Hall–Kier alpha value is -3.43. The Labute approximate surface area is 175 Å². The second-order valence-electron chi connectivity index (χ2n) is 6.38. The van der Waals surface area contributed by atoms with Crippen molar-refractivity contribution in [3.63, 3.8) is 0 Å². The Morgan fingerprint density at radius 1 is 1.14 bits per heavy atom. The molecule has 0 saturated carbocycles. The van der Waals surface area contributed by atoms with Crippen LogP contribution in [-0.4, -0.2) is 9.97 Å². The zero-order valence-corrected chi connectivity index (χ0v) is 16.8. The molecule has 0 aliphatic heterocycles. The van der Waals surface area contributed by atoms with Gasteiger partial charge in [0.15, 0.2) is 0 Å². The van der Waals surface area contributed by atoms with E-state index in [0.717, 1.165) is 26.6 Å². The Balaban J connectivity index is 1.54. The average Bonchev–Trinajstić information content (AvgIpc) is 3.16. The van der Waals surface area contributed by atoms with E-state index in [1.165, 1.54) is 12.1 Å². The fourth-order valence-electron chi connectivity index (χ4n) is 2.87. The number of aromatic nitrogens is 2. The molecular formula is C23H15BrFN3O. The predicted octanol–water partition coefficient (Wildman–Crippen LogP) is 6.11. The zero-order chi connectivity index (χ0) is 20.2. The summed E-state index contributed by atoms with van der Waals surface area (Å²) < 4.78 is 19.6. The highest BCUT2D eigenvalue weighted by Gasteiger charge is 2.09. The monoisotopic (exact) mass is 447 g/mol. The van der Waals surface area contributed by atoms with Crippen LogP contribution in [0.25, 0.3) is 22.7 Å². The van der Waals surface area contributed by atoms with Crippen molar-refractivity contribution < 1.29 is 9.13 Å². The maximum Gasteiger partial charge on any atom is 0.149 e. The minimum Gasteiger partial charge on any atom is -0.488 e. The van der Waals surface area contributed by atoms with Crippen LogP contribution in [0.2, 0.25) is 0 Å². The van der Waals surface area contributed by atoms with Crippen LogP contribution in [-0.2, 0) is 6.61 Å². The number of benzene rings is 3. The van der Waals surface area contributed by atoms with E-state index in [1.807, 2.05) is 42.5 Å². The number of fused-ring (bicyclic) bond motifs is 1. The summed E-state index contributed by atoms with van der Waals surface area (Å²) in [5, 5.41) is 9.58. The molecule has 4 aromatic rings. The molecule has 3 aromatic carbocycles. The van der Waals surface area contributed by atoms with Gasteiger partial charge in [-0.15, -0.1) is 0 Å². The van der Waals surface area contributed by atoms with Gasteiger partial charge in [0.2, 0.25) is 0 Å². The first-order valence-corrected chi connectivity index (χ1v) is 9.65. The summed E-state index contributed by atoms with van der Waals surface area (Å²) in [4.78, 5) is 7.65. The SMILES string of the molecule is N#C/C(=C\c1ccc(OCc2ccc(F)cc2)c(Br)c1)c1nc2ccccc2[nH]1. The lowest BCUT2D eigenvalue weighted by Gasteiger charge is -2.09. The van der Waals surface area contributed by atoms with Crippen molar-refractivity contribution in [2.24, 2.45) is 0 Å².